The number of hydrogen-bond acceptors (Lipinski definition) is 7. The lowest BCUT2D eigenvalue weighted by Gasteiger charge is -2.49. The van der Waals surface area contributed by atoms with Gasteiger partial charge in [-0.2, -0.15) is 0 Å². The largest absolute Gasteiger partial charge is 0.391 e. The smallest absolute Gasteiger partial charge is 0.255 e. The number of piperidine rings is 2. The maximum atomic E-state index is 12.9. The Morgan fingerprint density at radius 2 is 2.10 bits per heavy atom. The van der Waals surface area contributed by atoms with E-state index in [9.17, 15) is 9.90 Å². The normalized spacial score (nSPS) is 21.6. The number of nitrogens with zero attached hydrogens (tertiary/aromatic N) is 5. The second-order valence-corrected chi connectivity index (χ2v) is 9.00. The zero-order chi connectivity index (χ0) is 19.8. The summed E-state index contributed by atoms with van der Waals surface area (Å²) < 4.78 is 0. The minimum atomic E-state index is -0.487. The van der Waals surface area contributed by atoms with Gasteiger partial charge in [0.1, 0.15) is 17.0 Å². The third-order valence-electron chi connectivity index (χ3n) is 6.19. The zero-order valence-corrected chi connectivity index (χ0v) is 16.9. The molecule has 8 heteroatoms. The quantitative estimate of drug-likeness (QED) is 0.701. The number of thiophene rings is 1. The van der Waals surface area contributed by atoms with Gasteiger partial charge in [0.15, 0.2) is 0 Å². The van der Waals surface area contributed by atoms with Crippen LogP contribution in [0.25, 0.3) is 10.2 Å². The van der Waals surface area contributed by atoms with Crippen molar-refractivity contribution in [2.24, 2.45) is 5.41 Å². The fourth-order valence-electron chi connectivity index (χ4n) is 4.76. The summed E-state index contributed by atoms with van der Waals surface area (Å²) in [6.45, 7) is 2.80. The van der Waals surface area contributed by atoms with Gasteiger partial charge in [-0.1, -0.05) is 0 Å². The molecule has 0 bridgehead atoms. The van der Waals surface area contributed by atoms with Gasteiger partial charge in [-0.15, -0.1) is 11.3 Å². The molecule has 0 radical (unpaired) electrons. The van der Waals surface area contributed by atoms with Gasteiger partial charge in [-0.05, 0) is 48.3 Å². The summed E-state index contributed by atoms with van der Waals surface area (Å²) in [4.78, 5) is 31.0. The molecule has 2 aliphatic rings. The van der Waals surface area contributed by atoms with Crippen molar-refractivity contribution in [3.8, 4) is 0 Å². The van der Waals surface area contributed by atoms with E-state index in [1.54, 1.807) is 42.2 Å². The highest BCUT2D eigenvalue weighted by Gasteiger charge is 2.43. The van der Waals surface area contributed by atoms with Gasteiger partial charge in [0, 0.05) is 38.6 Å². The average Bonchev–Trinajstić information content (AvgIpc) is 3.23. The van der Waals surface area contributed by atoms with Crippen molar-refractivity contribution in [3.63, 3.8) is 0 Å². The number of carbonyl (C=O) groups is 1. The van der Waals surface area contributed by atoms with Crippen LogP contribution in [0, 0.1) is 5.41 Å². The number of aliphatic hydroxyl groups excluding tert-OH is 1. The zero-order valence-electron chi connectivity index (χ0n) is 16.1. The van der Waals surface area contributed by atoms with E-state index in [1.165, 1.54) is 0 Å². The summed E-state index contributed by atoms with van der Waals surface area (Å²) in [6.07, 6.45) is 7.01. The van der Waals surface area contributed by atoms with E-state index in [-0.39, 0.29) is 11.3 Å². The van der Waals surface area contributed by atoms with Crippen molar-refractivity contribution in [2.75, 3.05) is 31.1 Å². The second-order valence-electron chi connectivity index (χ2n) is 8.11. The number of aliphatic hydroxyl groups is 1. The summed E-state index contributed by atoms with van der Waals surface area (Å²) >= 11 is 1.63. The SMILES string of the molecule is O=C(c1cccnc1)N1CC(O)CC2(CCN(c3ncnc4sccc34)CC2)C1. The lowest BCUT2D eigenvalue weighted by molar-refractivity contribution is -0.0150. The Labute approximate surface area is 173 Å². The number of likely N-dealkylation sites (tertiary alicyclic amines) is 1. The highest BCUT2D eigenvalue weighted by molar-refractivity contribution is 7.16. The van der Waals surface area contributed by atoms with Gasteiger partial charge >= 0.3 is 0 Å². The summed E-state index contributed by atoms with van der Waals surface area (Å²) in [7, 11) is 0. The number of pyridine rings is 1. The topological polar surface area (TPSA) is 82.5 Å². The first-order valence-corrected chi connectivity index (χ1v) is 10.8. The third-order valence-corrected chi connectivity index (χ3v) is 7.01. The first kappa shape index (κ1) is 18.4. The summed E-state index contributed by atoms with van der Waals surface area (Å²) in [5.41, 5.74) is 0.530. The number of fused-ring (bicyclic) bond motifs is 1. The van der Waals surface area contributed by atoms with E-state index < -0.39 is 6.10 Å². The van der Waals surface area contributed by atoms with Crippen LogP contribution in [0.2, 0.25) is 0 Å². The standard InChI is InChI=1S/C21H23N5O2S/c27-16-10-21(13-26(12-16)20(28)15-2-1-6-22-11-15)4-7-25(8-5-21)18-17-3-9-29-19(17)24-14-23-18/h1-3,6,9,11,14,16,27H,4-5,7-8,10,12-13H2. The van der Waals surface area contributed by atoms with Crippen molar-refractivity contribution in [2.45, 2.75) is 25.4 Å². The number of hydrogen-bond donors (Lipinski definition) is 1. The molecule has 3 aromatic heterocycles. The molecular formula is C21H23N5O2S. The van der Waals surface area contributed by atoms with Crippen molar-refractivity contribution < 1.29 is 9.90 Å². The van der Waals surface area contributed by atoms with Crippen LogP contribution in [0.4, 0.5) is 5.82 Å². The van der Waals surface area contributed by atoms with Gasteiger partial charge in [0.05, 0.1) is 17.1 Å². The summed E-state index contributed by atoms with van der Waals surface area (Å²) in [6, 6.07) is 5.64. The minimum Gasteiger partial charge on any atom is -0.391 e. The fourth-order valence-corrected chi connectivity index (χ4v) is 5.49. The van der Waals surface area contributed by atoms with Gasteiger partial charge < -0.3 is 14.9 Å². The molecule has 0 aromatic carbocycles. The average molecular weight is 410 g/mol. The number of aromatic nitrogens is 3. The van der Waals surface area contributed by atoms with Crippen molar-refractivity contribution in [3.05, 3.63) is 47.9 Å². The van der Waals surface area contributed by atoms with Crippen LogP contribution in [0.5, 0.6) is 0 Å². The van der Waals surface area contributed by atoms with E-state index >= 15 is 0 Å². The number of carbonyl (C=O) groups excluding carboxylic acids is 1. The second kappa shape index (κ2) is 7.35. The van der Waals surface area contributed by atoms with Crippen LogP contribution in [0.15, 0.2) is 42.3 Å². The molecule has 1 unspecified atom stereocenters. The molecular weight excluding hydrogens is 386 g/mol. The molecule has 7 nitrogen and oxygen atoms in total. The first-order valence-electron chi connectivity index (χ1n) is 9.94. The highest BCUT2D eigenvalue weighted by Crippen LogP contribution is 2.42. The van der Waals surface area contributed by atoms with Crippen LogP contribution in [-0.2, 0) is 0 Å². The molecule has 150 valence electrons. The molecule has 29 heavy (non-hydrogen) atoms. The molecule has 3 aromatic rings. The molecule has 5 rings (SSSR count). The van der Waals surface area contributed by atoms with E-state index in [0.717, 1.165) is 48.4 Å². The van der Waals surface area contributed by atoms with Crippen molar-refractivity contribution in [1.82, 2.24) is 19.9 Å². The number of β-amino-alcohol motifs (C(OH)–C–C–N with tert-alkyl or cyclic N) is 1. The highest BCUT2D eigenvalue weighted by atomic mass is 32.1. The predicted octanol–water partition coefficient (Wildman–Crippen LogP) is 2.58. The van der Waals surface area contributed by atoms with Crippen LogP contribution < -0.4 is 4.90 Å². The van der Waals surface area contributed by atoms with Crippen LogP contribution in [-0.4, -0.2) is 63.1 Å². The lowest BCUT2D eigenvalue weighted by Crippen LogP contribution is -2.55. The van der Waals surface area contributed by atoms with Crippen molar-refractivity contribution in [1.29, 1.82) is 0 Å². The number of amides is 1. The Hall–Kier alpha value is -2.58. The third kappa shape index (κ3) is 3.47. The Bertz CT molecular complexity index is 1020. The molecule has 0 saturated carbocycles. The van der Waals surface area contributed by atoms with E-state index in [1.807, 2.05) is 10.3 Å². The van der Waals surface area contributed by atoms with Gasteiger partial charge in [-0.25, -0.2) is 9.97 Å². The summed E-state index contributed by atoms with van der Waals surface area (Å²) in [5, 5.41) is 13.7. The Morgan fingerprint density at radius 3 is 2.90 bits per heavy atom. The Kier molecular flexibility index (Phi) is 4.67. The molecule has 5 heterocycles. The maximum absolute atomic E-state index is 12.9. The maximum Gasteiger partial charge on any atom is 0.255 e. The van der Waals surface area contributed by atoms with Gasteiger partial charge in [-0.3, -0.25) is 9.78 Å². The number of rotatable bonds is 2. The van der Waals surface area contributed by atoms with E-state index in [2.05, 4.69) is 25.9 Å². The van der Waals surface area contributed by atoms with Gasteiger partial charge in [0.25, 0.3) is 5.91 Å². The monoisotopic (exact) mass is 409 g/mol. The molecule has 2 fully saturated rings. The molecule has 1 amide bonds. The Balaban J connectivity index is 1.33. The van der Waals surface area contributed by atoms with Crippen LogP contribution in [0.1, 0.15) is 29.6 Å². The fraction of sp³-hybridized carbons (Fsp3) is 0.429. The Morgan fingerprint density at radius 1 is 1.24 bits per heavy atom. The van der Waals surface area contributed by atoms with Crippen molar-refractivity contribution >= 4 is 33.3 Å². The number of anilines is 1. The predicted molar refractivity (Wildman–Crippen MR) is 112 cm³/mol. The summed E-state index contributed by atoms with van der Waals surface area (Å²) in [5.74, 6) is 0.945. The first-order chi connectivity index (χ1) is 14.1. The van der Waals surface area contributed by atoms with Crippen LogP contribution >= 0.6 is 11.3 Å². The van der Waals surface area contributed by atoms with Crippen LogP contribution in [0.3, 0.4) is 0 Å². The molecule has 2 aliphatic heterocycles. The molecule has 0 aliphatic carbocycles. The molecule has 1 N–H and O–H groups in total. The molecule has 1 spiro atoms. The molecule has 2 saturated heterocycles. The minimum absolute atomic E-state index is 0.0468. The molecule has 1 atom stereocenters. The lowest BCUT2D eigenvalue weighted by atomic mass is 9.71. The van der Waals surface area contributed by atoms with E-state index in [0.29, 0.717) is 18.7 Å². The van der Waals surface area contributed by atoms with Gasteiger partial charge in [0.2, 0.25) is 0 Å². The van der Waals surface area contributed by atoms with E-state index in [4.69, 9.17) is 0 Å².